The molecule has 2 aliphatic rings. The van der Waals surface area contributed by atoms with Crippen LogP contribution in [-0.4, -0.2) is 77.3 Å². The fraction of sp³-hybridized carbons (Fsp3) is 0.684. The lowest BCUT2D eigenvalue weighted by atomic mass is 9.96. The largest absolute Gasteiger partial charge is 0.396 e. The number of morpholine rings is 1. The quantitative estimate of drug-likeness (QED) is 0.853. The molecule has 2 saturated heterocycles. The fourth-order valence-electron chi connectivity index (χ4n) is 4.11. The van der Waals surface area contributed by atoms with Gasteiger partial charge in [0.1, 0.15) is 0 Å². The summed E-state index contributed by atoms with van der Waals surface area (Å²) in [5, 5.41) is 9.77. The van der Waals surface area contributed by atoms with Crippen molar-refractivity contribution >= 4 is 5.91 Å². The Bertz CT molecular complexity index is 558. The monoisotopic (exact) mass is 347 g/mol. The van der Waals surface area contributed by atoms with Crippen LogP contribution in [0.3, 0.4) is 0 Å². The minimum atomic E-state index is 0.123. The summed E-state index contributed by atoms with van der Waals surface area (Å²) < 4.78 is 5.80. The molecular formula is C19H29N3O3. The maximum absolute atomic E-state index is 12.6. The number of likely N-dealkylation sites (tertiary alicyclic amines) is 1. The van der Waals surface area contributed by atoms with E-state index in [0.29, 0.717) is 18.9 Å². The standard InChI is InChI=1S/C19H29N3O3/c1-14-8-21(9-15(2)25-14)10-17-11-22(12-18(17)13-23)19(24)6-16-4-3-5-20-7-16/h3-5,7,14-15,17-18,23H,6,8-13H2,1-2H3/t14-,15+,17-,18-/m0/s1. The Kier molecular flexibility index (Phi) is 6.04. The maximum atomic E-state index is 12.6. The molecule has 6 nitrogen and oxygen atoms in total. The van der Waals surface area contributed by atoms with Crippen LogP contribution in [0, 0.1) is 11.8 Å². The van der Waals surface area contributed by atoms with Crippen molar-refractivity contribution in [1.82, 2.24) is 14.8 Å². The third-order valence-corrected chi connectivity index (χ3v) is 5.23. The lowest BCUT2D eigenvalue weighted by Gasteiger charge is -2.37. The van der Waals surface area contributed by atoms with E-state index in [2.05, 4.69) is 23.7 Å². The average Bonchev–Trinajstić information content (AvgIpc) is 2.98. The van der Waals surface area contributed by atoms with Gasteiger partial charge < -0.3 is 14.7 Å². The number of carbonyl (C=O) groups is 1. The van der Waals surface area contributed by atoms with Gasteiger partial charge in [-0.2, -0.15) is 0 Å². The molecule has 0 aliphatic carbocycles. The van der Waals surface area contributed by atoms with E-state index in [1.165, 1.54) is 0 Å². The normalized spacial score (nSPS) is 30.6. The number of pyridine rings is 1. The lowest BCUT2D eigenvalue weighted by Crippen LogP contribution is -2.48. The predicted octanol–water partition coefficient (Wildman–Crippen LogP) is 0.800. The second-order valence-electron chi connectivity index (χ2n) is 7.52. The molecule has 2 aliphatic heterocycles. The molecule has 2 fully saturated rings. The molecule has 25 heavy (non-hydrogen) atoms. The molecule has 0 spiro atoms. The Balaban J connectivity index is 1.57. The van der Waals surface area contributed by atoms with Crippen LogP contribution in [0.25, 0.3) is 0 Å². The van der Waals surface area contributed by atoms with Crippen molar-refractivity contribution in [3.8, 4) is 0 Å². The second-order valence-corrected chi connectivity index (χ2v) is 7.52. The van der Waals surface area contributed by atoms with Gasteiger partial charge in [-0.25, -0.2) is 0 Å². The summed E-state index contributed by atoms with van der Waals surface area (Å²) in [6.45, 7) is 8.47. The molecule has 0 unspecified atom stereocenters. The SMILES string of the molecule is C[C@@H]1CN(C[C@H]2CN(C(=O)Cc3cccnc3)C[C@H]2CO)C[C@H](C)O1. The summed E-state index contributed by atoms with van der Waals surface area (Å²) in [6.07, 6.45) is 4.31. The molecule has 138 valence electrons. The van der Waals surface area contributed by atoms with E-state index in [0.717, 1.165) is 31.7 Å². The van der Waals surface area contributed by atoms with Crippen molar-refractivity contribution in [2.75, 3.05) is 39.3 Å². The minimum absolute atomic E-state index is 0.123. The van der Waals surface area contributed by atoms with Gasteiger partial charge in [0.05, 0.1) is 18.6 Å². The molecule has 0 bridgehead atoms. The zero-order valence-corrected chi connectivity index (χ0v) is 15.2. The number of hydrogen-bond acceptors (Lipinski definition) is 5. The first kappa shape index (κ1) is 18.3. The number of aliphatic hydroxyl groups is 1. The highest BCUT2D eigenvalue weighted by atomic mass is 16.5. The molecule has 4 atom stereocenters. The molecule has 3 heterocycles. The summed E-state index contributed by atoms with van der Waals surface area (Å²) in [7, 11) is 0. The van der Waals surface area contributed by atoms with Gasteiger partial charge in [-0.1, -0.05) is 6.07 Å². The van der Waals surface area contributed by atoms with Gasteiger partial charge in [0.25, 0.3) is 0 Å². The third-order valence-electron chi connectivity index (χ3n) is 5.23. The Morgan fingerprint density at radius 2 is 1.96 bits per heavy atom. The predicted molar refractivity (Wildman–Crippen MR) is 95.0 cm³/mol. The highest BCUT2D eigenvalue weighted by Gasteiger charge is 2.36. The molecule has 6 heteroatoms. The number of amides is 1. The first-order valence-electron chi connectivity index (χ1n) is 9.20. The number of aromatic nitrogens is 1. The molecule has 1 aromatic heterocycles. The van der Waals surface area contributed by atoms with E-state index in [-0.39, 0.29) is 30.6 Å². The average molecular weight is 347 g/mol. The van der Waals surface area contributed by atoms with Gasteiger partial charge in [0, 0.05) is 57.6 Å². The van der Waals surface area contributed by atoms with Gasteiger partial charge in [0.15, 0.2) is 0 Å². The third kappa shape index (κ3) is 4.77. The van der Waals surface area contributed by atoms with Gasteiger partial charge in [-0.15, -0.1) is 0 Å². The first-order valence-corrected chi connectivity index (χ1v) is 9.20. The maximum Gasteiger partial charge on any atom is 0.227 e. The number of nitrogens with zero attached hydrogens (tertiary/aromatic N) is 3. The van der Waals surface area contributed by atoms with E-state index >= 15 is 0 Å². The fourth-order valence-corrected chi connectivity index (χ4v) is 4.11. The highest BCUT2D eigenvalue weighted by Crippen LogP contribution is 2.26. The summed E-state index contributed by atoms with van der Waals surface area (Å²) in [6, 6.07) is 3.78. The summed E-state index contributed by atoms with van der Waals surface area (Å²) >= 11 is 0. The first-order chi connectivity index (χ1) is 12.0. The molecule has 0 saturated carbocycles. The molecule has 0 radical (unpaired) electrons. The molecule has 0 aromatic carbocycles. The van der Waals surface area contributed by atoms with Crippen LogP contribution in [0.15, 0.2) is 24.5 Å². The summed E-state index contributed by atoms with van der Waals surface area (Å²) in [4.78, 5) is 21.0. The number of rotatable bonds is 5. The van der Waals surface area contributed by atoms with Crippen molar-refractivity contribution < 1.29 is 14.6 Å². The van der Waals surface area contributed by atoms with Gasteiger partial charge in [0.2, 0.25) is 5.91 Å². The van der Waals surface area contributed by atoms with E-state index in [4.69, 9.17) is 4.74 Å². The van der Waals surface area contributed by atoms with Crippen LogP contribution in [0.2, 0.25) is 0 Å². The zero-order valence-electron chi connectivity index (χ0n) is 15.2. The van der Waals surface area contributed by atoms with Crippen LogP contribution in [0.1, 0.15) is 19.4 Å². The molecule has 1 N–H and O–H groups in total. The Morgan fingerprint density at radius 1 is 1.24 bits per heavy atom. The Morgan fingerprint density at radius 3 is 2.60 bits per heavy atom. The van der Waals surface area contributed by atoms with Crippen LogP contribution in [0.5, 0.6) is 0 Å². The topological polar surface area (TPSA) is 65.9 Å². The Hall–Kier alpha value is -1.50. The Labute approximate surface area is 149 Å². The highest BCUT2D eigenvalue weighted by molar-refractivity contribution is 5.79. The van der Waals surface area contributed by atoms with Crippen molar-refractivity contribution in [3.63, 3.8) is 0 Å². The smallest absolute Gasteiger partial charge is 0.227 e. The van der Waals surface area contributed by atoms with Crippen molar-refractivity contribution in [1.29, 1.82) is 0 Å². The van der Waals surface area contributed by atoms with Gasteiger partial charge >= 0.3 is 0 Å². The lowest BCUT2D eigenvalue weighted by molar-refractivity contribution is -0.129. The van der Waals surface area contributed by atoms with Gasteiger partial charge in [-0.05, 0) is 31.4 Å². The number of hydrogen-bond donors (Lipinski definition) is 1. The van der Waals surface area contributed by atoms with Crippen LogP contribution < -0.4 is 0 Å². The van der Waals surface area contributed by atoms with E-state index < -0.39 is 0 Å². The van der Waals surface area contributed by atoms with Crippen molar-refractivity contribution in [2.45, 2.75) is 32.5 Å². The second kappa shape index (κ2) is 8.25. The van der Waals surface area contributed by atoms with Crippen LogP contribution >= 0.6 is 0 Å². The zero-order chi connectivity index (χ0) is 17.8. The van der Waals surface area contributed by atoms with Gasteiger partial charge in [-0.3, -0.25) is 14.7 Å². The molecule has 1 amide bonds. The number of aliphatic hydroxyl groups excluding tert-OH is 1. The number of carbonyl (C=O) groups excluding carboxylic acids is 1. The summed E-state index contributed by atoms with van der Waals surface area (Å²) in [5.74, 6) is 0.601. The van der Waals surface area contributed by atoms with Crippen molar-refractivity contribution in [3.05, 3.63) is 30.1 Å². The van der Waals surface area contributed by atoms with Crippen LogP contribution in [-0.2, 0) is 16.0 Å². The van der Waals surface area contributed by atoms with Crippen molar-refractivity contribution in [2.24, 2.45) is 11.8 Å². The van der Waals surface area contributed by atoms with E-state index in [1.807, 2.05) is 17.0 Å². The summed E-state index contributed by atoms with van der Waals surface area (Å²) in [5.41, 5.74) is 0.937. The van der Waals surface area contributed by atoms with E-state index in [1.54, 1.807) is 12.4 Å². The molecular weight excluding hydrogens is 318 g/mol. The molecule has 3 rings (SSSR count). The minimum Gasteiger partial charge on any atom is -0.396 e. The van der Waals surface area contributed by atoms with E-state index in [9.17, 15) is 9.90 Å². The number of ether oxygens (including phenoxy) is 1. The molecule has 1 aromatic rings. The van der Waals surface area contributed by atoms with Crippen LogP contribution in [0.4, 0.5) is 0 Å².